The molecular formula is C19H13NOS. The van der Waals surface area contributed by atoms with E-state index in [1.165, 1.54) is 4.70 Å². The van der Waals surface area contributed by atoms with Gasteiger partial charge in [0, 0.05) is 5.56 Å². The van der Waals surface area contributed by atoms with Gasteiger partial charge in [0.1, 0.15) is 10.8 Å². The molecule has 4 aromatic rings. The molecule has 1 aromatic heterocycles. The van der Waals surface area contributed by atoms with Crippen LogP contribution < -0.4 is 0 Å². The SMILES string of the molecule is Oc1ccc(-c2ccc(-c3nc4ccccc4s3)cc2)cc1. The second kappa shape index (κ2) is 5.28. The minimum absolute atomic E-state index is 0.287. The number of thiazole rings is 1. The topological polar surface area (TPSA) is 33.1 Å². The first-order valence-electron chi connectivity index (χ1n) is 7.05. The molecule has 0 spiro atoms. The Bertz CT molecular complexity index is 891. The van der Waals surface area contributed by atoms with E-state index < -0.39 is 0 Å². The van der Waals surface area contributed by atoms with E-state index in [1.807, 2.05) is 30.3 Å². The number of hydrogen-bond donors (Lipinski definition) is 1. The van der Waals surface area contributed by atoms with E-state index in [2.05, 4.69) is 35.3 Å². The molecule has 0 fully saturated rings. The number of hydrogen-bond acceptors (Lipinski definition) is 3. The van der Waals surface area contributed by atoms with Crippen molar-refractivity contribution in [3.8, 4) is 27.4 Å². The molecule has 0 aliphatic rings. The highest BCUT2D eigenvalue weighted by Crippen LogP contribution is 2.31. The molecule has 1 heterocycles. The predicted octanol–water partition coefficient (Wildman–Crippen LogP) is 5.34. The van der Waals surface area contributed by atoms with Crippen molar-refractivity contribution in [3.05, 3.63) is 72.8 Å². The number of para-hydroxylation sites is 1. The molecule has 3 heteroatoms. The minimum Gasteiger partial charge on any atom is -0.508 e. The van der Waals surface area contributed by atoms with Crippen LogP contribution in [0.4, 0.5) is 0 Å². The number of phenolic OH excluding ortho intramolecular Hbond substituents is 1. The maximum absolute atomic E-state index is 9.36. The molecule has 0 saturated heterocycles. The Morgan fingerprint density at radius 3 is 1.95 bits per heavy atom. The number of phenols is 1. The maximum Gasteiger partial charge on any atom is 0.124 e. The van der Waals surface area contributed by atoms with Crippen LogP contribution in [0.15, 0.2) is 72.8 Å². The Kier molecular flexibility index (Phi) is 3.13. The molecule has 0 amide bonds. The zero-order valence-corrected chi connectivity index (χ0v) is 12.5. The fourth-order valence-electron chi connectivity index (χ4n) is 2.45. The van der Waals surface area contributed by atoms with Crippen LogP contribution in [0.1, 0.15) is 0 Å². The average molecular weight is 303 g/mol. The van der Waals surface area contributed by atoms with Gasteiger partial charge >= 0.3 is 0 Å². The summed E-state index contributed by atoms with van der Waals surface area (Å²) in [6.45, 7) is 0. The summed E-state index contributed by atoms with van der Waals surface area (Å²) in [5, 5.41) is 10.4. The van der Waals surface area contributed by atoms with E-state index >= 15 is 0 Å². The highest BCUT2D eigenvalue weighted by Gasteiger charge is 2.06. The van der Waals surface area contributed by atoms with Crippen LogP contribution in [0.2, 0.25) is 0 Å². The maximum atomic E-state index is 9.36. The molecule has 0 radical (unpaired) electrons. The highest BCUT2D eigenvalue weighted by molar-refractivity contribution is 7.21. The lowest BCUT2D eigenvalue weighted by Crippen LogP contribution is -1.79. The van der Waals surface area contributed by atoms with Crippen molar-refractivity contribution in [2.24, 2.45) is 0 Å². The summed E-state index contributed by atoms with van der Waals surface area (Å²) in [5.74, 6) is 0.287. The van der Waals surface area contributed by atoms with Gasteiger partial charge < -0.3 is 5.11 Å². The van der Waals surface area contributed by atoms with Gasteiger partial charge in [-0.2, -0.15) is 0 Å². The van der Waals surface area contributed by atoms with Crippen LogP contribution in [0.3, 0.4) is 0 Å². The first-order valence-corrected chi connectivity index (χ1v) is 7.87. The largest absolute Gasteiger partial charge is 0.508 e. The van der Waals surface area contributed by atoms with Crippen LogP contribution in [0.25, 0.3) is 31.9 Å². The number of nitrogens with zero attached hydrogens (tertiary/aromatic N) is 1. The smallest absolute Gasteiger partial charge is 0.124 e. The number of fused-ring (bicyclic) bond motifs is 1. The third-order valence-corrected chi connectivity index (χ3v) is 4.71. The molecule has 0 aliphatic heterocycles. The van der Waals surface area contributed by atoms with E-state index in [4.69, 9.17) is 0 Å². The lowest BCUT2D eigenvalue weighted by atomic mass is 10.0. The fourth-order valence-corrected chi connectivity index (χ4v) is 3.43. The van der Waals surface area contributed by atoms with Crippen LogP contribution in [-0.2, 0) is 0 Å². The molecular weight excluding hydrogens is 290 g/mol. The summed E-state index contributed by atoms with van der Waals surface area (Å²) < 4.78 is 1.21. The van der Waals surface area contributed by atoms with Gasteiger partial charge in [0.15, 0.2) is 0 Å². The van der Waals surface area contributed by atoms with E-state index in [1.54, 1.807) is 23.5 Å². The van der Waals surface area contributed by atoms with Gasteiger partial charge in [-0.3, -0.25) is 0 Å². The number of aromatic nitrogens is 1. The Labute approximate surface area is 132 Å². The summed E-state index contributed by atoms with van der Waals surface area (Å²) >= 11 is 1.71. The average Bonchev–Trinajstić information content (AvgIpc) is 3.00. The Balaban J connectivity index is 1.70. The molecule has 0 unspecified atom stereocenters. The monoisotopic (exact) mass is 303 g/mol. The second-order valence-corrected chi connectivity index (χ2v) is 6.14. The van der Waals surface area contributed by atoms with E-state index in [0.29, 0.717) is 0 Å². The van der Waals surface area contributed by atoms with Crippen molar-refractivity contribution in [2.45, 2.75) is 0 Å². The Morgan fingerprint density at radius 1 is 0.682 bits per heavy atom. The highest BCUT2D eigenvalue weighted by atomic mass is 32.1. The first-order chi connectivity index (χ1) is 10.8. The van der Waals surface area contributed by atoms with Crippen molar-refractivity contribution in [3.63, 3.8) is 0 Å². The number of rotatable bonds is 2. The minimum atomic E-state index is 0.287. The summed E-state index contributed by atoms with van der Waals surface area (Å²) in [6.07, 6.45) is 0. The van der Waals surface area contributed by atoms with Gasteiger partial charge in [-0.1, -0.05) is 48.5 Å². The van der Waals surface area contributed by atoms with Crippen molar-refractivity contribution in [2.75, 3.05) is 0 Å². The molecule has 106 valence electrons. The molecule has 0 bridgehead atoms. The molecule has 22 heavy (non-hydrogen) atoms. The molecule has 0 aliphatic carbocycles. The van der Waals surface area contributed by atoms with Gasteiger partial charge in [0.2, 0.25) is 0 Å². The quantitative estimate of drug-likeness (QED) is 0.542. The van der Waals surface area contributed by atoms with Gasteiger partial charge in [-0.05, 0) is 35.4 Å². The summed E-state index contributed by atoms with van der Waals surface area (Å²) in [6, 6.07) is 23.8. The first kappa shape index (κ1) is 13.0. The Morgan fingerprint density at radius 2 is 1.27 bits per heavy atom. The lowest BCUT2D eigenvalue weighted by molar-refractivity contribution is 0.475. The van der Waals surface area contributed by atoms with E-state index in [-0.39, 0.29) is 5.75 Å². The third kappa shape index (κ3) is 2.36. The van der Waals surface area contributed by atoms with E-state index in [9.17, 15) is 5.11 Å². The van der Waals surface area contributed by atoms with Crippen LogP contribution in [0.5, 0.6) is 5.75 Å². The number of aromatic hydroxyl groups is 1. The van der Waals surface area contributed by atoms with Gasteiger partial charge in [-0.25, -0.2) is 4.98 Å². The number of benzene rings is 3. The van der Waals surface area contributed by atoms with Crippen molar-refractivity contribution < 1.29 is 5.11 Å². The van der Waals surface area contributed by atoms with Gasteiger partial charge in [-0.15, -0.1) is 11.3 Å². The van der Waals surface area contributed by atoms with Crippen molar-refractivity contribution >= 4 is 21.6 Å². The zero-order chi connectivity index (χ0) is 14.9. The summed E-state index contributed by atoms with van der Waals surface area (Å²) in [7, 11) is 0. The molecule has 2 nitrogen and oxygen atoms in total. The molecule has 3 aromatic carbocycles. The Hall–Kier alpha value is -2.65. The summed E-state index contributed by atoms with van der Waals surface area (Å²) in [4.78, 5) is 4.68. The van der Waals surface area contributed by atoms with Gasteiger partial charge in [0.05, 0.1) is 10.2 Å². The summed E-state index contributed by atoms with van der Waals surface area (Å²) in [5.41, 5.74) is 4.40. The molecule has 0 atom stereocenters. The third-order valence-electron chi connectivity index (χ3n) is 3.63. The lowest BCUT2D eigenvalue weighted by Gasteiger charge is -2.03. The van der Waals surface area contributed by atoms with E-state index in [0.717, 1.165) is 27.2 Å². The predicted molar refractivity (Wildman–Crippen MR) is 92.2 cm³/mol. The van der Waals surface area contributed by atoms with Crippen LogP contribution >= 0.6 is 11.3 Å². The normalized spacial score (nSPS) is 10.9. The van der Waals surface area contributed by atoms with Crippen molar-refractivity contribution in [1.29, 1.82) is 0 Å². The molecule has 0 saturated carbocycles. The molecule has 1 N–H and O–H groups in total. The van der Waals surface area contributed by atoms with Crippen molar-refractivity contribution in [1.82, 2.24) is 4.98 Å². The van der Waals surface area contributed by atoms with Crippen LogP contribution in [-0.4, -0.2) is 10.1 Å². The van der Waals surface area contributed by atoms with Crippen LogP contribution in [0, 0.1) is 0 Å². The second-order valence-electron chi connectivity index (χ2n) is 5.11. The zero-order valence-electron chi connectivity index (χ0n) is 11.7. The fraction of sp³-hybridized carbons (Fsp3) is 0. The van der Waals surface area contributed by atoms with Gasteiger partial charge in [0.25, 0.3) is 0 Å². The molecule has 4 rings (SSSR count). The standard InChI is InChI=1S/C19H13NOS/c21-16-11-9-14(10-12-16)13-5-7-15(8-6-13)19-20-17-3-1-2-4-18(17)22-19/h1-12,21H.